The van der Waals surface area contributed by atoms with Gasteiger partial charge in [-0.25, -0.2) is 4.98 Å². The first kappa shape index (κ1) is 35.7. The fourth-order valence-corrected chi connectivity index (χ4v) is 9.41. The summed E-state index contributed by atoms with van der Waals surface area (Å²) in [5.41, 5.74) is 7.09. The Kier molecular flexibility index (Phi) is 8.77. The molecule has 3 saturated heterocycles. The number of para-hydroxylation sites is 1. The number of benzene rings is 1. The zero-order chi connectivity index (χ0) is 38.3. The van der Waals surface area contributed by atoms with Crippen LogP contribution in [0.1, 0.15) is 83.9 Å². The number of carbonyl (C=O) groups is 3. The zero-order valence-corrected chi connectivity index (χ0v) is 33.5. The van der Waals surface area contributed by atoms with Crippen LogP contribution in [0.25, 0.3) is 11.1 Å². The number of anilines is 4. The van der Waals surface area contributed by atoms with Gasteiger partial charge >= 0.3 is 0 Å². The topological polar surface area (TPSA) is 163 Å². The highest BCUT2D eigenvalue weighted by Gasteiger charge is 2.46. The molecule has 0 radical (unpaired) electrons. The number of nitrogens with zero attached hydrogens (tertiary/aromatic N) is 8. The molecule has 15 nitrogen and oxygen atoms in total. The Morgan fingerprint density at radius 3 is 2.54 bits per heavy atom. The van der Waals surface area contributed by atoms with Crippen LogP contribution in [-0.2, 0) is 19.6 Å². The summed E-state index contributed by atoms with van der Waals surface area (Å²) >= 11 is 2.57. The molecule has 3 amide bonds. The van der Waals surface area contributed by atoms with Gasteiger partial charge in [-0.3, -0.25) is 24.0 Å². The molecule has 4 aromatic rings. The number of alkyl halides is 1. The highest BCUT2D eigenvalue weighted by molar-refractivity contribution is 14.1. The second-order valence-electron chi connectivity index (χ2n) is 16.0. The summed E-state index contributed by atoms with van der Waals surface area (Å²) in [5, 5.41) is 23.0. The summed E-state index contributed by atoms with van der Waals surface area (Å²) in [5.74, 6) is -0.0700. The maximum Gasteiger partial charge on any atom is 0.274 e. The van der Waals surface area contributed by atoms with Gasteiger partial charge in [0.2, 0.25) is 5.91 Å². The van der Waals surface area contributed by atoms with Crippen molar-refractivity contribution in [1.29, 1.82) is 0 Å². The summed E-state index contributed by atoms with van der Waals surface area (Å²) in [6, 6.07) is 14.1. The number of fused-ring (bicyclic) bond motifs is 5. The van der Waals surface area contributed by atoms with Crippen molar-refractivity contribution in [3.63, 3.8) is 0 Å². The van der Waals surface area contributed by atoms with Gasteiger partial charge in [-0.1, -0.05) is 25.1 Å². The van der Waals surface area contributed by atoms with E-state index in [1.807, 2.05) is 41.4 Å². The first-order valence-corrected chi connectivity index (χ1v) is 20.8. The molecule has 2 bridgehead atoms. The molecule has 290 valence electrons. The summed E-state index contributed by atoms with van der Waals surface area (Å²) in [6.07, 6.45) is 7.50. The number of amides is 3. The molecular weight excluding hydrogens is 825 g/mol. The average molecular weight is 870 g/mol. The third-order valence-electron chi connectivity index (χ3n) is 12.1. The smallest absolute Gasteiger partial charge is 0.274 e. The van der Waals surface area contributed by atoms with Gasteiger partial charge in [0.25, 0.3) is 11.8 Å². The number of pyridine rings is 1. The van der Waals surface area contributed by atoms with E-state index in [0.29, 0.717) is 36.9 Å². The molecule has 5 fully saturated rings. The first-order chi connectivity index (χ1) is 27.2. The molecular formula is C40H44IN11O4. The van der Waals surface area contributed by atoms with Crippen LogP contribution < -0.4 is 20.9 Å². The maximum atomic E-state index is 13.4. The Labute approximate surface area is 338 Å². The van der Waals surface area contributed by atoms with Crippen LogP contribution in [0, 0.1) is 5.92 Å². The normalized spacial score (nSPS) is 24.1. The molecule has 6 aliphatic rings. The predicted molar refractivity (Wildman–Crippen MR) is 217 cm³/mol. The minimum Gasteiger partial charge on any atom is -0.374 e. The number of likely N-dealkylation sites (tertiary alicyclic amines) is 2. The Morgan fingerprint density at radius 2 is 1.80 bits per heavy atom. The predicted octanol–water partition coefficient (Wildman–Crippen LogP) is 4.84. The van der Waals surface area contributed by atoms with Crippen molar-refractivity contribution in [2.45, 2.75) is 79.8 Å². The summed E-state index contributed by atoms with van der Waals surface area (Å²) in [7, 11) is 2.11. The van der Waals surface area contributed by atoms with Crippen molar-refractivity contribution in [3.05, 3.63) is 71.4 Å². The molecule has 3 aromatic heterocycles. The number of hydrogen-bond donors (Lipinski definition) is 3. The molecule has 0 spiro atoms. The largest absolute Gasteiger partial charge is 0.374 e. The minimum absolute atomic E-state index is 0.00176. The molecule has 2 aliphatic carbocycles. The highest BCUT2D eigenvalue weighted by atomic mass is 127. The lowest BCUT2D eigenvalue weighted by Gasteiger charge is -2.47. The van der Waals surface area contributed by atoms with Gasteiger partial charge in [0.05, 0.1) is 59.4 Å². The van der Waals surface area contributed by atoms with E-state index in [-0.39, 0.29) is 53.6 Å². The van der Waals surface area contributed by atoms with Gasteiger partial charge < -0.3 is 30.5 Å². The van der Waals surface area contributed by atoms with Crippen LogP contribution in [0.3, 0.4) is 0 Å². The van der Waals surface area contributed by atoms with Crippen molar-refractivity contribution in [3.8, 4) is 11.1 Å². The van der Waals surface area contributed by atoms with E-state index < -0.39 is 3.55 Å². The van der Waals surface area contributed by atoms with Gasteiger partial charge in [0, 0.05) is 62.4 Å². The van der Waals surface area contributed by atoms with E-state index in [1.54, 1.807) is 6.07 Å². The van der Waals surface area contributed by atoms with E-state index in [4.69, 9.17) is 14.8 Å². The van der Waals surface area contributed by atoms with Crippen LogP contribution in [0.2, 0.25) is 0 Å². The molecule has 1 aromatic carbocycles. The van der Waals surface area contributed by atoms with Crippen molar-refractivity contribution < 1.29 is 19.1 Å². The monoisotopic (exact) mass is 869 g/mol. The van der Waals surface area contributed by atoms with E-state index in [9.17, 15) is 14.4 Å². The lowest BCUT2D eigenvalue weighted by molar-refractivity contribution is -0.117. The van der Waals surface area contributed by atoms with E-state index in [2.05, 4.69) is 83.3 Å². The fourth-order valence-electron chi connectivity index (χ4n) is 8.64. The standard InChI is InChI=1S/C40H44IN11O4/c1-3-40(41)36-29(16-42-52(36)26-18-50(19-26)17-24-6-4-9-31(43-24)39(55)51-20-27-14-25(51)21-56-27)28-7-5-8-30(35(28)49(40)2)45-32-15-33(46-37(53)22-10-11-22)47-48-34(32)38(54)44-23-12-13-23/h4-9,15-16,22-23,25-27H,3,10-14,17-21H2,1-2H3,(H,44,54)(H2,45,46,47,53)/t25-,27-,40-/m0/s1. The molecule has 3 N–H and O–H groups in total. The Bertz CT molecular complexity index is 2250. The number of ether oxygens (including phenoxy) is 1. The molecule has 0 unspecified atom stereocenters. The number of hydrogen-bond acceptors (Lipinski definition) is 11. The third kappa shape index (κ3) is 6.29. The van der Waals surface area contributed by atoms with Gasteiger partial charge in [-0.15, -0.1) is 10.2 Å². The second kappa shape index (κ2) is 13.8. The number of carbonyl (C=O) groups excluding carboxylic acids is 3. The van der Waals surface area contributed by atoms with Crippen LogP contribution >= 0.6 is 22.6 Å². The molecule has 4 aliphatic heterocycles. The van der Waals surface area contributed by atoms with Crippen LogP contribution in [0.4, 0.5) is 22.9 Å². The van der Waals surface area contributed by atoms with Gasteiger partial charge in [-0.2, -0.15) is 5.10 Å². The molecule has 3 atom stereocenters. The van der Waals surface area contributed by atoms with E-state index in [0.717, 1.165) is 85.5 Å². The number of rotatable bonds is 11. The summed E-state index contributed by atoms with van der Waals surface area (Å²) < 4.78 is 7.47. The van der Waals surface area contributed by atoms with Crippen LogP contribution in [-0.4, -0.2) is 104 Å². The van der Waals surface area contributed by atoms with Crippen molar-refractivity contribution >= 4 is 63.2 Å². The number of aromatic nitrogens is 5. The second-order valence-corrected chi connectivity index (χ2v) is 17.8. The molecule has 56 heavy (non-hydrogen) atoms. The lowest BCUT2D eigenvalue weighted by atomic mass is 9.91. The lowest BCUT2D eigenvalue weighted by Crippen LogP contribution is -2.50. The highest BCUT2D eigenvalue weighted by Crippen LogP contribution is 2.55. The molecule has 16 heteroatoms. The van der Waals surface area contributed by atoms with E-state index >= 15 is 0 Å². The molecule has 10 rings (SSSR count). The number of nitrogens with one attached hydrogen (secondary N) is 3. The maximum absolute atomic E-state index is 13.4. The van der Waals surface area contributed by atoms with Gasteiger partial charge in [0.15, 0.2) is 11.5 Å². The molecule has 2 saturated carbocycles. The quantitative estimate of drug-likeness (QED) is 0.108. The SMILES string of the molecule is CC[C@@]1(I)c2c(cnn2C2CN(Cc3cccc(C(=O)N4C[C@@H]5C[C@H]4CO5)n3)C2)-c2cccc(Nc3cc(NC(=O)C4CC4)nnc3C(=O)NC3CC3)c2N1C. The van der Waals surface area contributed by atoms with Gasteiger partial charge in [-0.05, 0) is 79.3 Å². The number of halogens is 1. The minimum atomic E-state index is -0.433. The first-order valence-electron chi connectivity index (χ1n) is 19.7. The Morgan fingerprint density at radius 1 is 0.982 bits per heavy atom. The van der Waals surface area contributed by atoms with Crippen molar-refractivity contribution in [1.82, 2.24) is 40.1 Å². The van der Waals surface area contributed by atoms with E-state index in [1.165, 1.54) is 0 Å². The molecule has 7 heterocycles. The summed E-state index contributed by atoms with van der Waals surface area (Å²) in [6.45, 7) is 5.75. The zero-order valence-electron chi connectivity index (χ0n) is 31.4. The summed E-state index contributed by atoms with van der Waals surface area (Å²) in [4.78, 5) is 50.7. The van der Waals surface area contributed by atoms with Gasteiger partial charge in [0.1, 0.15) is 9.24 Å². The average Bonchev–Trinajstić information content (AvgIpc) is 4.08. The third-order valence-corrected chi connectivity index (χ3v) is 14.1. The van der Waals surface area contributed by atoms with Crippen molar-refractivity contribution in [2.75, 3.05) is 48.8 Å². The van der Waals surface area contributed by atoms with Crippen LogP contribution in [0.15, 0.2) is 48.7 Å². The Balaban J connectivity index is 0.900. The van der Waals surface area contributed by atoms with Crippen LogP contribution in [0.5, 0.6) is 0 Å². The fraction of sp³-hybridized carbons (Fsp3) is 0.475. The Hall–Kier alpha value is -4.68. The van der Waals surface area contributed by atoms with Crippen molar-refractivity contribution in [2.24, 2.45) is 5.92 Å². The number of morpholine rings is 1.